The predicted molar refractivity (Wildman–Crippen MR) is 83.8 cm³/mol. The molecule has 22 heavy (non-hydrogen) atoms. The summed E-state index contributed by atoms with van der Waals surface area (Å²) in [4.78, 5) is 11.3. The zero-order valence-electron chi connectivity index (χ0n) is 14.6. The highest BCUT2D eigenvalue weighted by atomic mass is 79.9. The number of rotatable bonds is 11. The molecule has 0 bridgehead atoms. The number of carbonyl (C=O) groups is 1. The summed E-state index contributed by atoms with van der Waals surface area (Å²) in [6, 6.07) is 0.768. The van der Waals surface area contributed by atoms with Crippen LogP contribution < -0.4 is 17.0 Å². The molecule has 0 heterocycles. The van der Waals surface area contributed by atoms with Crippen molar-refractivity contribution in [2.75, 3.05) is 55.1 Å². The normalized spacial score (nSPS) is 11.7. The van der Waals surface area contributed by atoms with E-state index in [1.165, 1.54) is 0 Å². The molecule has 0 N–H and O–H groups in total. The van der Waals surface area contributed by atoms with Crippen LogP contribution >= 0.6 is 0 Å². The molecule has 0 saturated carbocycles. The van der Waals surface area contributed by atoms with Gasteiger partial charge in [0.05, 0.1) is 20.6 Å². The number of quaternary nitrogens is 1. The molecule has 0 aliphatic rings. The second kappa shape index (κ2) is 11.3. The van der Waals surface area contributed by atoms with Crippen molar-refractivity contribution in [2.24, 2.45) is 0 Å². The molecule has 0 spiro atoms. The summed E-state index contributed by atoms with van der Waals surface area (Å²) in [7, 11) is 6.58. The van der Waals surface area contributed by atoms with E-state index in [9.17, 15) is 4.79 Å². The van der Waals surface area contributed by atoms with Crippen LogP contribution in [0.5, 0.6) is 0 Å². The summed E-state index contributed by atoms with van der Waals surface area (Å²) in [5.74, 6) is -0.334. The van der Waals surface area contributed by atoms with E-state index >= 15 is 0 Å². The maximum absolute atomic E-state index is 11.3. The van der Waals surface area contributed by atoms with Crippen LogP contribution in [0.2, 0.25) is 6.04 Å². The lowest BCUT2D eigenvalue weighted by molar-refractivity contribution is -0.890. The molecule has 0 aromatic carbocycles. The number of hydrogen-bond donors (Lipinski definition) is 0. The summed E-state index contributed by atoms with van der Waals surface area (Å²) in [6.45, 7) is 7.27. The Balaban J connectivity index is 0. The molecule has 0 aliphatic heterocycles. The van der Waals surface area contributed by atoms with Gasteiger partial charge in [0.1, 0.15) is 13.2 Å². The summed E-state index contributed by atoms with van der Waals surface area (Å²) in [6.07, 6.45) is 0.920. The fourth-order valence-electron chi connectivity index (χ4n) is 1.90. The largest absolute Gasteiger partial charge is 1.00 e. The van der Waals surface area contributed by atoms with E-state index in [0.29, 0.717) is 12.2 Å². The van der Waals surface area contributed by atoms with E-state index in [2.05, 4.69) is 20.7 Å². The van der Waals surface area contributed by atoms with Crippen molar-refractivity contribution in [2.45, 2.75) is 19.4 Å². The van der Waals surface area contributed by atoms with E-state index in [-0.39, 0.29) is 23.0 Å². The van der Waals surface area contributed by atoms with Crippen molar-refractivity contribution >= 4 is 14.8 Å². The van der Waals surface area contributed by atoms with Crippen LogP contribution in [-0.4, -0.2) is 74.4 Å². The van der Waals surface area contributed by atoms with Crippen molar-refractivity contribution < 1.29 is 44.3 Å². The molecule has 8 heteroatoms. The molecule has 0 atom stereocenters. The number of carbonyl (C=O) groups excluding carboxylic acids is 1. The maximum atomic E-state index is 11.3. The first-order chi connectivity index (χ1) is 9.72. The van der Waals surface area contributed by atoms with Gasteiger partial charge in [0.25, 0.3) is 0 Å². The third-order valence-corrected chi connectivity index (χ3v) is 6.29. The second-order valence-electron chi connectivity index (χ2n) is 5.70. The van der Waals surface area contributed by atoms with Crippen LogP contribution in [0.1, 0.15) is 13.3 Å². The molecule has 0 aliphatic carbocycles. The molecule has 0 fully saturated rings. The summed E-state index contributed by atoms with van der Waals surface area (Å²) in [5.41, 5.74) is 0.427. The van der Waals surface area contributed by atoms with Gasteiger partial charge in [0.15, 0.2) is 0 Å². The fourth-order valence-corrected chi connectivity index (χ4v) is 3.60. The molecule has 0 radical (unpaired) electrons. The molecule has 0 aromatic heterocycles. The molecule has 132 valence electrons. The van der Waals surface area contributed by atoms with Gasteiger partial charge in [-0.3, -0.25) is 0 Å². The minimum atomic E-state index is -2.49. The van der Waals surface area contributed by atoms with E-state index in [4.69, 9.17) is 18.0 Å². The lowest BCUT2D eigenvalue weighted by Gasteiger charge is -2.31. The number of nitrogens with zero attached hydrogens (tertiary/aromatic N) is 1. The smallest absolute Gasteiger partial charge is 0.500 e. The lowest BCUT2D eigenvalue weighted by atomic mass is 10.3. The fraction of sp³-hybridized carbons (Fsp3) is 0.786. The Hall–Kier alpha value is -0.253. The quantitative estimate of drug-likeness (QED) is 0.182. The molecule has 0 amide bonds. The number of hydrogen-bond acceptors (Lipinski definition) is 5. The topological polar surface area (TPSA) is 54.0 Å². The Morgan fingerprint density at radius 3 is 2.00 bits per heavy atom. The second-order valence-corrected chi connectivity index (χ2v) is 8.79. The Labute approximate surface area is 146 Å². The van der Waals surface area contributed by atoms with E-state index in [1.54, 1.807) is 28.3 Å². The van der Waals surface area contributed by atoms with Crippen LogP contribution in [0.3, 0.4) is 0 Å². The average Bonchev–Trinajstić information content (AvgIpc) is 2.43. The van der Waals surface area contributed by atoms with E-state index < -0.39 is 8.80 Å². The zero-order chi connectivity index (χ0) is 16.5. The molecule has 0 unspecified atom stereocenters. The molecular weight excluding hydrogens is 370 g/mol. The van der Waals surface area contributed by atoms with Crippen molar-refractivity contribution in [1.82, 2.24) is 0 Å². The van der Waals surface area contributed by atoms with Crippen molar-refractivity contribution in [3.05, 3.63) is 12.2 Å². The zero-order valence-corrected chi connectivity index (χ0v) is 17.2. The van der Waals surface area contributed by atoms with Gasteiger partial charge < -0.3 is 39.5 Å². The van der Waals surface area contributed by atoms with Gasteiger partial charge in [0.2, 0.25) is 0 Å². The Morgan fingerprint density at radius 2 is 1.59 bits per heavy atom. The van der Waals surface area contributed by atoms with Gasteiger partial charge in [-0.25, -0.2) is 4.79 Å². The van der Waals surface area contributed by atoms with Crippen LogP contribution in [0.25, 0.3) is 0 Å². The maximum Gasteiger partial charge on any atom is 0.500 e. The average molecular weight is 400 g/mol. The Kier molecular flexibility index (Phi) is 12.3. The van der Waals surface area contributed by atoms with Crippen LogP contribution in [0.4, 0.5) is 0 Å². The van der Waals surface area contributed by atoms with Crippen LogP contribution in [-0.2, 0) is 22.8 Å². The molecule has 6 nitrogen and oxygen atoms in total. The highest BCUT2D eigenvalue weighted by molar-refractivity contribution is 6.60. The van der Waals surface area contributed by atoms with Crippen molar-refractivity contribution in [1.29, 1.82) is 0 Å². The Morgan fingerprint density at radius 1 is 1.09 bits per heavy atom. The Bertz CT molecular complexity index is 340. The third-order valence-electron chi connectivity index (χ3n) is 3.46. The van der Waals surface area contributed by atoms with Crippen molar-refractivity contribution in [3.63, 3.8) is 0 Å². The highest BCUT2D eigenvalue weighted by Gasteiger charge is 2.37. The minimum absolute atomic E-state index is 0. The third kappa shape index (κ3) is 9.01. The first kappa shape index (κ1) is 24.0. The first-order valence-electron chi connectivity index (χ1n) is 7.02. The van der Waals surface area contributed by atoms with Gasteiger partial charge in [-0.2, -0.15) is 0 Å². The summed E-state index contributed by atoms with van der Waals surface area (Å²) < 4.78 is 22.1. The predicted octanol–water partition coefficient (Wildman–Crippen LogP) is -1.55. The molecule has 0 rings (SSSR count). The van der Waals surface area contributed by atoms with Crippen LogP contribution in [0.15, 0.2) is 12.2 Å². The number of halogens is 1. The van der Waals surface area contributed by atoms with Gasteiger partial charge in [0, 0.05) is 39.4 Å². The van der Waals surface area contributed by atoms with Crippen LogP contribution in [0, 0.1) is 0 Å². The summed E-state index contributed by atoms with van der Waals surface area (Å²) in [5, 5.41) is 0. The van der Waals surface area contributed by atoms with Crippen molar-refractivity contribution in [3.8, 4) is 0 Å². The number of ether oxygens (including phenoxy) is 1. The minimum Gasteiger partial charge on any atom is -1.00 e. The van der Waals surface area contributed by atoms with Gasteiger partial charge in [-0.1, -0.05) is 6.58 Å². The standard InChI is InChI=1S/C14H30NO5Si.BrH/c1-13(2)14(16)20-11-10-15(3,4)9-8-12-21(17-5,18-6)19-7;/h1,8-12H2,2-7H3;1H/q+1;/p-1. The first-order valence-corrected chi connectivity index (χ1v) is 8.95. The highest BCUT2D eigenvalue weighted by Crippen LogP contribution is 2.16. The van der Waals surface area contributed by atoms with Gasteiger partial charge in [-0.05, 0) is 6.92 Å². The van der Waals surface area contributed by atoms with Gasteiger partial charge >= 0.3 is 14.8 Å². The summed E-state index contributed by atoms with van der Waals surface area (Å²) >= 11 is 0. The number of esters is 1. The lowest BCUT2D eigenvalue weighted by Crippen LogP contribution is -3.00. The molecular formula is C14H30BrNO5Si. The molecule has 0 saturated heterocycles. The molecule has 0 aromatic rings. The van der Waals surface area contributed by atoms with E-state index in [0.717, 1.165) is 30.0 Å². The SMILES string of the molecule is C=C(C)C(=O)OCC[N+](C)(C)CCC[Si](OC)(OC)OC.[Br-]. The van der Waals surface area contributed by atoms with E-state index in [1.807, 2.05) is 0 Å². The monoisotopic (exact) mass is 399 g/mol. The van der Waals surface area contributed by atoms with Gasteiger partial charge in [-0.15, -0.1) is 0 Å². The number of likely N-dealkylation sites (N-methyl/N-ethyl adjacent to an activating group) is 1.